The SMILES string of the molecule is O=C(N/N=C\c1ccc(-c2ccc(Cl)cc2Cl)o1)c1ccccc1Cl. The first-order valence-corrected chi connectivity index (χ1v) is 8.31. The molecule has 0 aliphatic rings. The van der Waals surface area contributed by atoms with Gasteiger partial charge in [0.15, 0.2) is 0 Å². The van der Waals surface area contributed by atoms with Crippen molar-refractivity contribution in [1.82, 2.24) is 5.43 Å². The Labute approximate surface area is 159 Å². The summed E-state index contributed by atoms with van der Waals surface area (Å²) in [4.78, 5) is 12.0. The molecule has 4 nitrogen and oxygen atoms in total. The van der Waals surface area contributed by atoms with Gasteiger partial charge in [-0.1, -0.05) is 46.9 Å². The lowest BCUT2D eigenvalue weighted by atomic mass is 10.2. The van der Waals surface area contributed by atoms with Gasteiger partial charge in [-0.05, 0) is 42.5 Å². The molecule has 0 aliphatic heterocycles. The number of hydrogen-bond acceptors (Lipinski definition) is 3. The summed E-state index contributed by atoms with van der Waals surface area (Å²) in [5.41, 5.74) is 3.45. The van der Waals surface area contributed by atoms with Crippen molar-refractivity contribution in [2.24, 2.45) is 5.10 Å². The number of nitrogens with zero attached hydrogens (tertiary/aromatic N) is 1. The molecule has 126 valence electrons. The number of nitrogens with one attached hydrogen (secondary N) is 1. The Kier molecular flexibility index (Phi) is 5.43. The normalized spacial score (nSPS) is 11.0. The van der Waals surface area contributed by atoms with E-state index in [1.54, 1.807) is 54.6 Å². The fourth-order valence-corrected chi connectivity index (χ4v) is 2.84. The van der Waals surface area contributed by atoms with Crippen LogP contribution in [0.1, 0.15) is 16.1 Å². The van der Waals surface area contributed by atoms with Gasteiger partial charge in [-0.2, -0.15) is 5.10 Å². The highest BCUT2D eigenvalue weighted by atomic mass is 35.5. The molecule has 0 radical (unpaired) electrons. The van der Waals surface area contributed by atoms with E-state index in [1.165, 1.54) is 6.21 Å². The molecule has 0 aliphatic carbocycles. The minimum absolute atomic E-state index is 0.342. The van der Waals surface area contributed by atoms with E-state index in [-0.39, 0.29) is 0 Å². The van der Waals surface area contributed by atoms with Gasteiger partial charge >= 0.3 is 0 Å². The zero-order chi connectivity index (χ0) is 17.8. The highest BCUT2D eigenvalue weighted by Gasteiger charge is 2.10. The van der Waals surface area contributed by atoms with Crippen molar-refractivity contribution in [2.45, 2.75) is 0 Å². The van der Waals surface area contributed by atoms with Gasteiger partial charge in [0, 0.05) is 10.6 Å². The summed E-state index contributed by atoms with van der Waals surface area (Å²) < 4.78 is 5.65. The molecule has 0 saturated carbocycles. The Morgan fingerprint density at radius 1 is 1.00 bits per heavy atom. The van der Waals surface area contributed by atoms with Gasteiger partial charge in [0.1, 0.15) is 11.5 Å². The van der Waals surface area contributed by atoms with Gasteiger partial charge in [0.05, 0.1) is 21.8 Å². The molecule has 1 N–H and O–H groups in total. The molecule has 25 heavy (non-hydrogen) atoms. The highest BCUT2D eigenvalue weighted by Crippen LogP contribution is 2.31. The van der Waals surface area contributed by atoms with Gasteiger partial charge < -0.3 is 4.42 Å². The van der Waals surface area contributed by atoms with Crippen LogP contribution in [0.5, 0.6) is 0 Å². The van der Waals surface area contributed by atoms with E-state index in [4.69, 9.17) is 39.2 Å². The van der Waals surface area contributed by atoms with Crippen molar-refractivity contribution in [3.05, 3.63) is 81.0 Å². The van der Waals surface area contributed by atoms with E-state index < -0.39 is 5.91 Å². The third-order valence-electron chi connectivity index (χ3n) is 3.30. The van der Waals surface area contributed by atoms with Crippen molar-refractivity contribution in [1.29, 1.82) is 0 Å². The van der Waals surface area contributed by atoms with Crippen LogP contribution in [0, 0.1) is 0 Å². The maximum absolute atomic E-state index is 12.0. The van der Waals surface area contributed by atoms with Crippen LogP contribution in [0.25, 0.3) is 11.3 Å². The Balaban J connectivity index is 1.70. The van der Waals surface area contributed by atoms with E-state index in [0.717, 1.165) is 0 Å². The first-order chi connectivity index (χ1) is 12.0. The number of benzene rings is 2. The van der Waals surface area contributed by atoms with Crippen LogP contribution in [0.3, 0.4) is 0 Å². The summed E-state index contributed by atoms with van der Waals surface area (Å²) in [6.07, 6.45) is 1.39. The average Bonchev–Trinajstić information content (AvgIpc) is 3.03. The molecular formula is C18H11Cl3N2O2. The van der Waals surface area contributed by atoms with Gasteiger partial charge in [-0.15, -0.1) is 0 Å². The maximum atomic E-state index is 12.0. The predicted molar refractivity (Wildman–Crippen MR) is 101 cm³/mol. The molecule has 0 unspecified atom stereocenters. The fourth-order valence-electron chi connectivity index (χ4n) is 2.12. The molecule has 0 bridgehead atoms. The lowest BCUT2D eigenvalue weighted by molar-refractivity contribution is 0.0955. The van der Waals surface area contributed by atoms with Gasteiger partial charge in [-0.25, -0.2) is 5.43 Å². The highest BCUT2D eigenvalue weighted by molar-refractivity contribution is 6.36. The summed E-state index contributed by atoms with van der Waals surface area (Å²) >= 11 is 18.0. The van der Waals surface area contributed by atoms with Crippen molar-refractivity contribution in [3.63, 3.8) is 0 Å². The van der Waals surface area contributed by atoms with Crippen molar-refractivity contribution < 1.29 is 9.21 Å². The molecule has 0 saturated heterocycles. The second-order valence-corrected chi connectivity index (χ2v) is 6.26. The quantitative estimate of drug-likeness (QED) is 0.458. The second kappa shape index (κ2) is 7.74. The van der Waals surface area contributed by atoms with Crippen molar-refractivity contribution >= 4 is 46.9 Å². The minimum Gasteiger partial charge on any atom is -0.455 e. The zero-order valence-electron chi connectivity index (χ0n) is 12.7. The van der Waals surface area contributed by atoms with E-state index in [9.17, 15) is 4.79 Å². The third-order valence-corrected chi connectivity index (χ3v) is 4.18. The molecule has 1 heterocycles. The molecule has 1 amide bonds. The van der Waals surface area contributed by atoms with Crippen LogP contribution in [0.4, 0.5) is 0 Å². The van der Waals surface area contributed by atoms with Crippen LogP contribution >= 0.6 is 34.8 Å². The van der Waals surface area contributed by atoms with Gasteiger partial charge in [0.25, 0.3) is 5.91 Å². The van der Waals surface area contributed by atoms with Gasteiger partial charge in [0.2, 0.25) is 0 Å². The summed E-state index contributed by atoms with van der Waals surface area (Å²) in [5, 5.41) is 5.26. The first kappa shape index (κ1) is 17.5. The molecule has 0 atom stereocenters. The number of rotatable bonds is 4. The molecule has 1 aromatic heterocycles. The van der Waals surface area contributed by atoms with E-state index in [2.05, 4.69) is 10.5 Å². The third kappa shape index (κ3) is 4.23. The standard InChI is InChI=1S/C18H11Cl3N2O2/c19-11-5-7-13(16(21)9-11)17-8-6-12(25-17)10-22-23-18(24)14-3-1-2-4-15(14)20/h1-10H,(H,23,24)/b22-10-. The average molecular weight is 394 g/mol. The molecular weight excluding hydrogens is 383 g/mol. The summed E-state index contributed by atoms with van der Waals surface area (Å²) in [7, 11) is 0. The van der Waals surface area contributed by atoms with Crippen molar-refractivity contribution in [3.8, 4) is 11.3 Å². The van der Waals surface area contributed by atoms with Crippen LogP contribution < -0.4 is 5.43 Å². The predicted octanol–water partition coefficient (Wildman–Crippen LogP) is 5.67. The Bertz CT molecular complexity index is 951. The molecule has 0 spiro atoms. The van der Waals surface area contributed by atoms with Gasteiger partial charge in [-0.3, -0.25) is 4.79 Å². The largest absolute Gasteiger partial charge is 0.455 e. The van der Waals surface area contributed by atoms with Crippen LogP contribution in [0.2, 0.25) is 15.1 Å². The van der Waals surface area contributed by atoms with E-state index in [1.807, 2.05) is 0 Å². The molecule has 3 rings (SSSR count). The fraction of sp³-hybridized carbons (Fsp3) is 0. The zero-order valence-corrected chi connectivity index (χ0v) is 14.9. The molecule has 3 aromatic rings. The number of hydrazone groups is 1. The summed E-state index contributed by atoms with van der Waals surface area (Å²) in [6.45, 7) is 0. The molecule has 0 fully saturated rings. The van der Waals surface area contributed by atoms with Crippen LogP contribution in [0.15, 0.2) is 64.1 Å². The number of amides is 1. The smallest absolute Gasteiger partial charge is 0.272 e. The number of hydrogen-bond donors (Lipinski definition) is 1. The lowest BCUT2D eigenvalue weighted by Gasteiger charge is -2.01. The maximum Gasteiger partial charge on any atom is 0.272 e. The summed E-state index contributed by atoms with van der Waals surface area (Å²) in [6, 6.07) is 15.3. The Morgan fingerprint density at radius 3 is 2.56 bits per heavy atom. The minimum atomic E-state index is -0.408. The number of halogens is 3. The topological polar surface area (TPSA) is 54.6 Å². The monoisotopic (exact) mass is 392 g/mol. The van der Waals surface area contributed by atoms with E-state index >= 15 is 0 Å². The Hall–Kier alpha value is -2.27. The summed E-state index contributed by atoms with van der Waals surface area (Å²) in [5.74, 6) is 0.621. The van der Waals surface area contributed by atoms with Crippen LogP contribution in [-0.4, -0.2) is 12.1 Å². The van der Waals surface area contributed by atoms with Crippen molar-refractivity contribution in [2.75, 3.05) is 0 Å². The first-order valence-electron chi connectivity index (χ1n) is 7.18. The van der Waals surface area contributed by atoms with E-state index in [0.29, 0.717) is 37.7 Å². The van der Waals surface area contributed by atoms with Crippen LogP contribution in [-0.2, 0) is 0 Å². The lowest BCUT2D eigenvalue weighted by Crippen LogP contribution is -2.17. The Morgan fingerprint density at radius 2 is 1.80 bits per heavy atom. The number of carbonyl (C=O) groups excluding carboxylic acids is 1. The molecule has 7 heteroatoms. The molecule has 2 aromatic carbocycles. The second-order valence-electron chi connectivity index (χ2n) is 5.01. The number of furan rings is 1. The number of carbonyl (C=O) groups is 1.